The van der Waals surface area contributed by atoms with E-state index in [0.717, 1.165) is 4.47 Å². The number of nitro benzene ring substituents is 1. The summed E-state index contributed by atoms with van der Waals surface area (Å²) >= 11 is 3.28. The van der Waals surface area contributed by atoms with Crippen molar-refractivity contribution in [3.05, 3.63) is 62.9 Å². The van der Waals surface area contributed by atoms with Crippen LogP contribution in [0.25, 0.3) is 0 Å². The molecule has 0 aliphatic heterocycles. The van der Waals surface area contributed by atoms with Gasteiger partial charge in [-0.25, -0.2) is 0 Å². The van der Waals surface area contributed by atoms with E-state index < -0.39 is 4.92 Å². The van der Waals surface area contributed by atoms with Gasteiger partial charge in [-0.05, 0) is 24.3 Å². The van der Waals surface area contributed by atoms with Crippen molar-refractivity contribution in [1.82, 2.24) is 4.98 Å². The lowest BCUT2D eigenvalue weighted by atomic mass is 10.2. The maximum Gasteiger partial charge on any atom is 0.278 e. The standard InChI is InChI=1S/C12H8BrN3O2/c13-10-3-4-12(16(17)18)9(6-10)7-15-11-2-1-5-14-8-11/h1-8H/b15-7+. The van der Waals surface area contributed by atoms with Crippen LogP contribution in [0.5, 0.6) is 0 Å². The zero-order chi connectivity index (χ0) is 13.0. The molecule has 0 N–H and O–H groups in total. The third-order valence-corrected chi connectivity index (χ3v) is 2.68. The molecule has 90 valence electrons. The van der Waals surface area contributed by atoms with Crippen molar-refractivity contribution in [2.75, 3.05) is 0 Å². The molecule has 1 aromatic heterocycles. The molecule has 2 aromatic rings. The van der Waals surface area contributed by atoms with Gasteiger partial charge in [0.1, 0.15) is 0 Å². The molecule has 0 amide bonds. The van der Waals surface area contributed by atoms with Crippen molar-refractivity contribution in [2.24, 2.45) is 4.99 Å². The highest BCUT2D eigenvalue weighted by molar-refractivity contribution is 9.10. The third kappa shape index (κ3) is 2.98. The predicted octanol–water partition coefficient (Wildman–Crippen LogP) is 3.50. The summed E-state index contributed by atoms with van der Waals surface area (Å²) in [7, 11) is 0. The average Bonchev–Trinajstić information content (AvgIpc) is 2.37. The van der Waals surface area contributed by atoms with Gasteiger partial charge in [0.25, 0.3) is 5.69 Å². The Morgan fingerprint density at radius 3 is 2.89 bits per heavy atom. The molecule has 1 aromatic carbocycles. The smallest absolute Gasteiger partial charge is 0.262 e. The number of halogens is 1. The van der Waals surface area contributed by atoms with Crippen LogP contribution in [0, 0.1) is 10.1 Å². The van der Waals surface area contributed by atoms with Crippen molar-refractivity contribution in [1.29, 1.82) is 0 Å². The Bertz CT molecular complexity index is 600. The number of nitrogens with zero attached hydrogens (tertiary/aromatic N) is 3. The molecule has 0 atom stereocenters. The van der Waals surface area contributed by atoms with E-state index in [0.29, 0.717) is 11.3 Å². The quantitative estimate of drug-likeness (QED) is 0.495. The lowest BCUT2D eigenvalue weighted by Gasteiger charge is -1.98. The normalized spacial score (nSPS) is 10.7. The van der Waals surface area contributed by atoms with Gasteiger partial charge in [-0.1, -0.05) is 15.9 Å². The lowest BCUT2D eigenvalue weighted by molar-refractivity contribution is -0.385. The van der Waals surface area contributed by atoms with Crippen molar-refractivity contribution >= 4 is 33.5 Å². The zero-order valence-corrected chi connectivity index (χ0v) is 10.7. The lowest BCUT2D eigenvalue weighted by Crippen LogP contribution is -1.94. The summed E-state index contributed by atoms with van der Waals surface area (Å²) in [6.45, 7) is 0. The molecular formula is C12H8BrN3O2. The van der Waals surface area contributed by atoms with Crippen LogP contribution in [-0.4, -0.2) is 16.1 Å². The van der Waals surface area contributed by atoms with Crippen LogP contribution >= 0.6 is 15.9 Å². The minimum absolute atomic E-state index is 0.0193. The van der Waals surface area contributed by atoms with Crippen LogP contribution in [0.4, 0.5) is 11.4 Å². The van der Waals surface area contributed by atoms with Gasteiger partial charge in [0.2, 0.25) is 0 Å². The first-order chi connectivity index (χ1) is 8.66. The number of rotatable bonds is 3. The molecule has 2 rings (SSSR count). The van der Waals surface area contributed by atoms with Crippen LogP contribution in [-0.2, 0) is 0 Å². The second-order valence-corrected chi connectivity index (χ2v) is 4.35. The number of aromatic nitrogens is 1. The molecule has 0 radical (unpaired) electrons. The fraction of sp³-hybridized carbons (Fsp3) is 0. The van der Waals surface area contributed by atoms with Gasteiger partial charge in [0, 0.05) is 23.0 Å². The van der Waals surface area contributed by atoms with Gasteiger partial charge in [0.05, 0.1) is 22.4 Å². The molecule has 5 nitrogen and oxygen atoms in total. The Balaban J connectivity index is 2.36. The molecule has 1 heterocycles. The summed E-state index contributed by atoms with van der Waals surface area (Å²) in [6, 6.07) is 8.24. The van der Waals surface area contributed by atoms with Crippen LogP contribution in [0.15, 0.2) is 52.2 Å². The summed E-state index contributed by atoms with van der Waals surface area (Å²) in [4.78, 5) is 18.5. The van der Waals surface area contributed by atoms with Gasteiger partial charge in [0.15, 0.2) is 0 Å². The van der Waals surface area contributed by atoms with Crippen molar-refractivity contribution < 1.29 is 4.92 Å². The van der Waals surface area contributed by atoms with E-state index in [-0.39, 0.29) is 5.69 Å². The highest BCUT2D eigenvalue weighted by Crippen LogP contribution is 2.22. The maximum absolute atomic E-state index is 10.9. The molecule has 0 bridgehead atoms. The fourth-order valence-corrected chi connectivity index (χ4v) is 1.75. The van der Waals surface area contributed by atoms with Crippen LogP contribution < -0.4 is 0 Å². The summed E-state index contributed by atoms with van der Waals surface area (Å²) in [5.41, 5.74) is 1.11. The van der Waals surface area contributed by atoms with E-state index in [1.807, 2.05) is 0 Å². The van der Waals surface area contributed by atoms with Gasteiger partial charge >= 0.3 is 0 Å². The van der Waals surface area contributed by atoms with E-state index in [1.165, 1.54) is 12.3 Å². The Morgan fingerprint density at radius 2 is 2.22 bits per heavy atom. The van der Waals surface area contributed by atoms with Crippen molar-refractivity contribution in [3.63, 3.8) is 0 Å². The highest BCUT2D eigenvalue weighted by atomic mass is 79.9. The largest absolute Gasteiger partial charge is 0.278 e. The average molecular weight is 306 g/mol. The van der Waals surface area contributed by atoms with Gasteiger partial charge in [-0.3, -0.25) is 20.1 Å². The number of nitro groups is 1. The second-order valence-electron chi connectivity index (χ2n) is 3.43. The molecule has 0 unspecified atom stereocenters. The maximum atomic E-state index is 10.9. The Kier molecular flexibility index (Phi) is 3.78. The SMILES string of the molecule is O=[N+]([O-])c1ccc(Br)cc1/C=N/c1cccnc1. The van der Waals surface area contributed by atoms with E-state index in [9.17, 15) is 10.1 Å². The Labute approximate surface area is 111 Å². The number of pyridine rings is 1. The second kappa shape index (κ2) is 5.50. The van der Waals surface area contributed by atoms with Crippen LogP contribution in [0.1, 0.15) is 5.56 Å². The molecule has 0 saturated heterocycles. The zero-order valence-electron chi connectivity index (χ0n) is 9.15. The topological polar surface area (TPSA) is 68.4 Å². The van der Waals surface area contributed by atoms with E-state index in [4.69, 9.17) is 0 Å². The molecule has 6 heteroatoms. The summed E-state index contributed by atoms with van der Waals surface area (Å²) in [5.74, 6) is 0. The summed E-state index contributed by atoms with van der Waals surface area (Å²) in [5, 5.41) is 10.9. The minimum Gasteiger partial charge on any atom is -0.262 e. The van der Waals surface area contributed by atoms with Crippen LogP contribution in [0.3, 0.4) is 0 Å². The van der Waals surface area contributed by atoms with Crippen molar-refractivity contribution in [2.45, 2.75) is 0 Å². The number of aliphatic imine (C=N–C) groups is 1. The van der Waals surface area contributed by atoms with Gasteiger partial charge < -0.3 is 0 Å². The summed E-state index contributed by atoms with van der Waals surface area (Å²) in [6.07, 6.45) is 4.68. The van der Waals surface area contributed by atoms with Crippen molar-refractivity contribution in [3.8, 4) is 0 Å². The molecule has 0 aliphatic carbocycles. The Hall–Kier alpha value is -2.08. The minimum atomic E-state index is -0.433. The molecule has 0 spiro atoms. The molecule has 18 heavy (non-hydrogen) atoms. The van der Waals surface area contributed by atoms with E-state index in [1.54, 1.807) is 36.7 Å². The molecule has 0 saturated carbocycles. The third-order valence-electron chi connectivity index (χ3n) is 2.18. The highest BCUT2D eigenvalue weighted by Gasteiger charge is 2.11. The van der Waals surface area contributed by atoms with Gasteiger partial charge in [-0.15, -0.1) is 0 Å². The van der Waals surface area contributed by atoms with E-state index >= 15 is 0 Å². The number of hydrogen-bond donors (Lipinski definition) is 0. The monoisotopic (exact) mass is 305 g/mol. The Morgan fingerprint density at radius 1 is 1.39 bits per heavy atom. The molecular weight excluding hydrogens is 298 g/mol. The fourth-order valence-electron chi connectivity index (χ4n) is 1.37. The predicted molar refractivity (Wildman–Crippen MR) is 72.3 cm³/mol. The number of benzene rings is 1. The van der Waals surface area contributed by atoms with Crippen LogP contribution in [0.2, 0.25) is 0 Å². The molecule has 0 fully saturated rings. The number of hydrogen-bond acceptors (Lipinski definition) is 4. The first-order valence-electron chi connectivity index (χ1n) is 5.05. The van der Waals surface area contributed by atoms with Gasteiger partial charge in [-0.2, -0.15) is 0 Å². The first kappa shape index (κ1) is 12.4. The van der Waals surface area contributed by atoms with E-state index in [2.05, 4.69) is 25.9 Å². The first-order valence-corrected chi connectivity index (χ1v) is 5.84. The summed E-state index contributed by atoms with van der Waals surface area (Å²) < 4.78 is 0.765. The molecule has 0 aliphatic rings.